The number of nitrogens with one attached hydrogen (secondary N) is 2. The van der Waals surface area contributed by atoms with E-state index >= 15 is 0 Å². The van der Waals surface area contributed by atoms with Crippen molar-refractivity contribution in [3.05, 3.63) is 0 Å². The molecule has 0 bridgehead atoms. The standard InChI is InChI=1S/C11H21N3O2/c1-3-14(9-4-5-9)11(16)8-13-7-6-10(15)12-2/h9,13H,3-8H2,1-2H3,(H,12,15). The fourth-order valence-corrected chi connectivity index (χ4v) is 1.65. The number of nitrogens with zero attached hydrogens (tertiary/aromatic N) is 1. The lowest BCUT2D eigenvalue weighted by Gasteiger charge is -2.20. The molecule has 1 rings (SSSR count). The Morgan fingerprint density at radius 1 is 1.38 bits per heavy atom. The summed E-state index contributed by atoms with van der Waals surface area (Å²) >= 11 is 0. The van der Waals surface area contributed by atoms with Crippen LogP contribution in [0.4, 0.5) is 0 Å². The Kier molecular flexibility index (Phi) is 5.25. The van der Waals surface area contributed by atoms with Crippen LogP contribution in [0.15, 0.2) is 0 Å². The Bertz CT molecular complexity index is 252. The molecule has 5 nitrogen and oxygen atoms in total. The van der Waals surface area contributed by atoms with Gasteiger partial charge in [0, 0.05) is 32.6 Å². The van der Waals surface area contributed by atoms with Crippen molar-refractivity contribution >= 4 is 11.8 Å². The van der Waals surface area contributed by atoms with Gasteiger partial charge in [-0.15, -0.1) is 0 Å². The van der Waals surface area contributed by atoms with E-state index in [4.69, 9.17) is 0 Å². The first-order valence-corrected chi connectivity index (χ1v) is 5.89. The van der Waals surface area contributed by atoms with Gasteiger partial charge < -0.3 is 15.5 Å². The van der Waals surface area contributed by atoms with Gasteiger partial charge in [0.05, 0.1) is 6.54 Å². The Morgan fingerprint density at radius 3 is 2.56 bits per heavy atom. The molecular weight excluding hydrogens is 206 g/mol. The SMILES string of the molecule is CCN(C(=O)CNCCC(=O)NC)C1CC1. The second kappa shape index (κ2) is 6.48. The molecule has 0 aliphatic heterocycles. The summed E-state index contributed by atoms with van der Waals surface area (Å²) in [6, 6.07) is 0.471. The zero-order valence-electron chi connectivity index (χ0n) is 10.1. The summed E-state index contributed by atoms with van der Waals surface area (Å²) in [7, 11) is 1.61. The summed E-state index contributed by atoms with van der Waals surface area (Å²) in [5, 5.41) is 5.54. The van der Waals surface area contributed by atoms with E-state index in [1.807, 2.05) is 11.8 Å². The monoisotopic (exact) mass is 227 g/mol. The lowest BCUT2D eigenvalue weighted by atomic mass is 10.4. The van der Waals surface area contributed by atoms with Crippen LogP contribution in [0.25, 0.3) is 0 Å². The molecule has 0 radical (unpaired) electrons. The fraction of sp³-hybridized carbons (Fsp3) is 0.818. The van der Waals surface area contributed by atoms with E-state index in [-0.39, 0.29) is 11.8 Å². The highest BCUT2D eigenvalue weighted by atomic mass is 16.2. The molecule has 16 heavy (non-hydrogen) atoms. The summed E-state index contributed by atoms with van der Waals surface area (Å²) < 4.78 is 0. The number of hydrogen-bond donors (Lipinski definition) is 2. The second-order valence-corrected chi connectivity index (χ2v) is 4.01. The first kappa shape index (κ1) is 13.0. The summed E-state index contributed by atoms with van der Waals surface area (Å²) in [6.45, 7) is 3.66. The number of hydrogen-bond acceptors (Lipinski definition) is 3. The first-order chi connectivity index (χ1) is 7.69. The smallest absolute Gasteiger partial charge is 0.236 e. The van der Waals surface area contributed by atoms with E-state index in [1.165, 1.54) is 0 Å². The van der Waals surface area contributed by atoms with Gasteiger partial charge in [-0.1, -0.05) is 0 Å². The lowest BCUT2D eigenvalue weighted by Crippen LogP contribution is -2.40. The highest BCUT2D eigenvalue weighted by Crippen LogP contribution is 2.26. The van der Waals surface area contributed by atoms with Crippen molar-refractivity contribution in [1.29, 1.82) is 0 Å². The number of carbonyl (C=O) groups is 2. The Labute approximate surface area is 96.6 Å². The van der Waals surface area contributed by atoms with Crippen molar-refractivity contribution in [2.45, 2.75) is 32.2 Å². The van der Waals surface area contributed by atoms with Gasteiger partial charge in [-0.2, -0.15) is 0 Å². The molecule has 1 aliphatic rings. The van der Waals surface area contributed by atoms with Gasteiger partial charge in [-0.05, 0) is 19.8 Å². The summed E-state index contributed by atoms with van der Waals surface area (Å²) in [6.07, 6.45) is 2.69. The fourth-order valence-electron chi connectivity index (χ4n) is 1.65. The molecule has 0 spiro atoms. The largest absolute Gasteiger partial charge is 0.359 e. The number of likely N-dealkylation sites (N-methyl/N-ethyl adjacent to an activating group) is 1. The third kappa shape index (κ3) is 4.18. The van der Waals surface area contributed by atoms with Gasteiger partial charge in [0.2, 0.25) is 11.8 Å². The molecule has 1 fully saturated rings. The molecule has 1 saturated carbocycles. The molecule has 2 amide bonds. The predicted molar refractivity (Wildman–Crippen MR) is 62.0 cm³/mol. The number of carbonyl (C=O) groups excluding carboxylic acids is 2. The van der Waals surface area contributed by atoms with Crippen LogP contribution in [-0.4, -0.2) is 49.4 Å². The molecule has 0 aromatic carbocycles. The average molecular weight is 227 g/mol. The second-order valence-electron chi connectivity index (χ2n) is 4.01. The van der Waals surface area contributed by atoms with Gasteiger partial charge in [-0.25, -0.2) is 0 Å². The molecule has 0 aromatic heterocycles. The lowest BCUT2D eigenvalue weighted by molar-refractivity contribution is -0.130. The zero-order chi connectivity index (χ0) is 12.0. The molecular formula is C11H21N3O2. The minimum absolute atomic E-state index is 0.00510. The van der Waals surface area contributed by atoms with Crippen molar-refractivity contribution in [3.63, 3.8) is 0 Å². The maximum Gasteiger partial charge on any atom is 0.236 e. The van der Waals surface area contributed by atoms with Crippen molar-refractivity contribution in [3.8, 4) is 0 Å². The van der Waals surface area contributed by atoms with Crippen molar-refractivity contribution in [1.82, 2.24) is 15.5 Å². The maximum absolute atomic E-state index is 11.7. The normalized spacial score (nSPS) is 14.6. The van der Waals surface area contributed by atoms with Gasteiger partial charge in [0.1, 0.15) is 0 Å². The highest BCUT2D eigenvalue weighted by Gasteiger charge is 2.30. The van der Waals surface area contributed by atoms with Crippen molar-refractivity contribution in [2.24, 2.45) is 0 Å². The highest BCUT2D eigenvalue weighted by molar-refractivity contribution is 5.79. The molecule has 5 heteroatoms. The van der Waals surface area contributed by atoms with Crippen LogP contribution in [0.1, 0.15) is 26.2 Å². The van der Waals surface area contributed by atoms with Crippen molar-refractivity contribution in [2.75, 3.05) is 26.7 Å². The van der Waals surface area contributed by atoms with E-state index in [1.54, 1.807) is 7.05 Å². The van der Waals surface area contributed by atoms with Crippen LogP contribution < -0.4 is 10.6 Å². The molecule has 0 heterocycles. The van der Waals surface area contributed by atoms with E-state index in [0.29, 0.717) is 25.6 Å². The number of amides is 2. The van der Waals surface area contributed by atoms with Crippen LogP contribution >= 0.6 is 0 Å². The van der Waals surface area contributed by atoms with Crippen LogP contribution in [0.2, 0.25) is 0 Å². The minimum atomic E-state index is -0.00510. The molecule has 2 N–H and O–H groups in total. The van der Waals surface area contributed by atoms with Crippen LogP contribution in [0.3, 0.4) is 0 Å². The minimum Gasteiger partial charge on any atom is -0.359 e. The van der Waals surface area contributed by atoms with Crippen LogP contribution in [0, 0.1) is 0 Å². The molecule has 0 unspecified atom stereocenters. The Balaban J connectivity index is 2.11. The summed E-state index contributed by atoms with van der Waals surface area (Å²) in [5.41, 5.74) is 0. The van der Waals surface area contributed by atoms with Crippen molar-refractivity contribution < 1.29 is 9.59 Å². The van der Waals surface area contributed by atoms with Gasteiger partial charge in [-0.3, -0.25) is 9.59 Å². The average Bonchev–Trinajstić information content (AvgIpc) is 3.09. The summed E-state index contributed by atoms with van der Waals surface area (Å²) in [5.74, 6) is 0.136. The van der Waals surface area contributed by atoms with E-state index in [0.717, 1.165) is 19.4 Å². The van der Waals surface area contributed by atoms with Gasteiger partial charge in [0.15, 0.2) is 0 Å². The van der Waals surface area contributed by atoms with E-state index in [9.17, 15) is 9.59 Å². The van der Waals surface area contributed by atoms with E-state index in [2.05, 4.69) is 10.6 Å². The number of rotatable bonds is 7. The summed E-state index contributed by atoms with van der Waals surface area (Å²) in [4.78, 5) is 24.6. The Hall–Kier alpha value is -1.10. The predicted octanol–water partition coefficient (Wildman–Crippen LogP) is -0.277. The first-order valence-electron chi connectivity index (χ1n) is 5.89. The molecule has 0 atom stereocenters. The molecule has 92 valence electrons. The molecule has 0 aromatic rings. The third-order valence-electron chi connectivity index (χ3n) is 2.73. The Morgan fingerprint density at radius 2 is 2.06 bits per heavy atom. The van der Waals surface area contributed by atoms with Crippen LogP contribution in [-0.2, 0) is 9.59 Å². The maximum atomic E-state index is 11.7. The molecule has 1 aliphatic carbocycles. The van der Waals surface area contributed by atoms with E-state index < -0.39 is 0 Å². The van der Waals surface area contributed by atoms with Crippen LogP contribution in [0.5, 0.6) is 0 Å². The quantitative estimate of drug-likeness (QED) is 0.588. The molecule has 0 saturated heterocycles. The topological polar surface area (TPSA) is 61.4 Å². The third-order valence-corrected chi connectivity index (χ3v) is 2.73. The van der Waals surface area contributed by atoms with Gasteiger partial charge >= 0.3 is 0 Å². The van der Waals surface area contributed by atoms with Gasteiger partial charge in [0.25, 0.3) is 0 Å². The zero-order valence-corrected chi connectivity index (χ0v) is 10.1.